The molecule has 0 saturated carbocycles. The number of fused-ring (bicyclic) bond motifs is 1. The zero-order valence-corrected chi connectivity index (χ0v) is 10.7. The molecule has 1 saturated heterocycles. The van der Waals surface area contributed by atoms with Crippen LogP contribution in [0.5, 0.6) is 11.5 Å². The van der Waals surface area contributed by atoms with E-state index in [-0.39, 0.29) is 25.1 Å². The maximum atomic E-state index is 11.6. The minimum Gasteiger partial charge on any atom is -0.454 e. The summed E-state index contributed by atoms with van der Waals surface area (Å²) in [6, 6.07) is 5.81. The summed E-state index contributed by atoms with van der Waals surface area (Å²) in [5.41, 5.74) is 1.07. The lowest BCUT2D eigenvalue weighted by Crippen LogP contribution is -2.47. The summed E-state index contributed by atoms with van der Waals surface area (Å²) >= 11 is 0. The van der Waals surface area contributed by atoms with E-state index in [9.17, 15) is 4.79 Å². The largest absolute Gasteiger partial charge is 0.454 e. The Balaban J connectivity index is 0.00000120. The topological polar surface area (TPSA) is 50.8 Å². The fourth-order valence-corrected chi connectivity index (χ4v) is 2.07. The maximum Gasteiger partial charge on any atom is 0.236 e. The van der Waals surface area contributed by atoms with E-state index in [0.29, 0.717) is 13.1 Å². The van der Waals surface area contributed by atoms with Crippen LogP contribution in [0.1, 0.15) is 5.56 Å². The van der Waals surface area contributed by atoms with Crippen LogP contribution in [0.15, 0.2) is 18.2 Å². The van der Waals surface area contributed by atoms with Gasteiger partial charge in [-0.1, -0.05) is 6.07 Å². The predicted octanol–water partition coefficient (Wildman–Crippen LogP) is 0.769. The molecule has 2 aliphatic heterocycles. The van der Waals surface area contributed by atoms with Gasteiger partial charge in [0.2, 0.25) is 12.7 Å². The fourth-order valence-electron chi connectivity index (χ4n) is 2.07. The Morgan fingerprint density at radius 2 is 2.11 bits per heavy atom. The third kappa shape index (κ3) is 2.52. The average Bonchev–Trinajstić information content (AvgIpc) is 2.79. The summed E-state index contributed by atoms with van der Waals surface area (Å²) in [6.07, 6.45) is 0. The van der Waals surface area contributed by atoms with Gasteiger partial charge in [0, 0.05) is 19.6 Å². The van der Waals surface area contributed by atoms with Gasteiger partial charge in [-0.25, -0.2) is 0 Å². The van der Waals surface area contributed by atoms with Crippen LogP contribution in [-0.2, 0) is 11.3 Å². The molecular weight excluding hydrogens is 256 g/mol. The minimum absolute atomic E-state index is 0. The lowest BCUT2D eigenvalue weighted by Gasteiger charge is -2.27. The Bertz CT molecular complexity index is 453. The average molecular weight is 271 g/mol. The SMILES string of the molecule is Cl.O=C1CNCCN1Cc1ccc2c(c1)OCO2. The van der Waals surface area contributed by atoms with Crippen molar-refractivity contribution in [1.82, 2.24) is 10.2 Å². The van der Waals surface area contributed by atoms with Crippen LogP contribution in [0.4, 0.5) is 0 Å². The number of halogens is 1. The second kappa shape index (κ2) is 5.46. The number of benzene rings is 1. The van der Waals surface area contributed by atoms with Crippen molar-refractivity contribution in [3.8, 4) is 11.5 Å². The van der Waals surface area contributed by atoms with Gasteiger partial charge in [-0.2, -0.15) is 0 Å². The Morgan fingerprint density at radius 3 is 2.94 bits per heavy atom. The lowest BCUT2D eigenvalue weighted by molar-refractivity contribution is -0.132. The molecule has 3 rings (SSSR count). The van der Waals surface area contributed by atoms with Crippen molar-refractivity contribution in [3.63, 3.8) is 0 Å². The summed E-state index contributed by atoms with van der Waals surface area (Å²) in [5.74, 6) is 1.69. The Hall–Kier alpha value is -1.46. The lowest BCUT2D eigenvalue weighted by atomic mass is 10.2. The van der Waals surface area contributed by atoms with Crippen molar-refractivity contribution in [2.45, 2.75) is 6.54 Å². The highest BCUT2D eigenvalue weighted by Crippen LogP contribution is 2.32. The molecule has 0 radical (unpaired) electrons. The molecule has 2 aliphatic rings. The van der Waals surface area contributed by atoms with Gasteiger partial charge in [0.05, 0.1) is 6.54 Å². The van der Waals surface area contributed by atoms with Gasteiger partial charge in [0.25, 0.3) is 0 Å². The molecule has 5 nitrogen and oxygen atoms in total. The standard InChI is InChI=1S/C12H14N2O3.ClH/c15-12-6-13-3-4-14(12)7-9-1-2-10-11(5-9)17-8-16-10;/h1-2,5,13H,3-4,6-8H2;1H. The second-order valence-electron chi connectivity index (χ2n) is 4.18. The predicted molar refractivity (Wildman–Crippen MR) is 68.1 cm³/mol. The van der Waals surface area contributed by atoms with E-state index < -0.39 is 0 Å². The molecule has 1 aromatic rings. The molecule has 1 fully saturated rings. The van der Waals surface area contributed by atoms with Gasteiger partial charge in [0.1, 0.15) is 0 Å². The van der Waals surface area contributed by atoms with Gasteiger partial charge in [-0.3, -0.25) is 4.79 Å². The number of ether oxygens (including phenoxy) is 2. The monoisotopic (exact) mass is 270 g/mol. The van der Waals surface area contributed by atoms with Crippen LogP contribution in [0.25, 0.3) is 0 Å². The highest BCUT2D eigenvalue weighted by atomic mass is 35.5. The normalized spacial score (nSPS) is 17.6. The number of hydrogen-bond acceptors (Lipinski definition) is 4. The molecule has 0 spiro atoms. The first-order valence-electron chi connectivity index (χ1n) is 5.70. The Kier molecular flexibility index (Phi) is 3.93. The number of rotatable bonds is 2. The number of nitrogens with zero attached hydrogens (tertiary/aromatic N) is 1. The van der Waals surface area contributed by atoms with Crippen LogP contribution in [-0.4, -0.2) is 37.2 Å². The molecule has 1 amide bonds. The van der Waals surface area contributed by atoms with Gasteiger partial charge in [-0.15, -0.1) is 12.4 Å². The smallest absolute Gasteiger partial charge is 0.236 e. The molecular formula is C12H15ClN2O3. The van der Waals surface area contributed by atoms with Crippen LogP contribution in [0.2, 0.25) is 0 Å². The molecule has 0 aliphatic carbocycles. The van der Waals surface area contributed by atoms with Crippen molar-refractivity contribution in [1.29, 1.82) is 0 Å². The number of amides is 1. The van der Waals surface area contributed by atoms with E-state index in [2.05, 4.69) is 5.32 Å². The molecule has 1 N–H and O–H groups in total. The molecule has 2 heterocycles. The van der Waals surface area contributed by atoms with Gasteiger partial charge in [-0.05, 0) is 17.7 Å². The van der Waals surface area contributed by atoms with Gasteiger partial charge < -0.3 is 19.7 Å². The van der Waals surface area contributed by atoms with Crippen molar-refractivity contribution in [2.75, 3.05) is 26.4 Å². The fraction of sp³-hybridized carbons (Fsp3) is 0.417. The zero-order chi connectivity index (χ0) is 11.7. The number of piperazine rings is 1. The summed E-state index contributed by atoms with van der Waals surface area (Å²) in [6.45, 7) is 2.97. The Morgan fingerprint density at radius 1 is 1.28 bits per heavy atom. The van der Waals surface area contributed by atoms with E-state index in [0.717, 1.165) is 30.2 Å². The number of hydrogen-bond donors (Lipinski definition) is 1. The molecule has 0 aromatic heterocycles. The van der Waals surface area contributed by atoms with Crippen molar-refractivity contribution in [3.05, 3.63) is 23.8 Å². The summed E-state index contributed by atoms with van der Waals surface area (Å²) in [7, 11) is 0. The molecule has 98 valence electrons. The number of carbonyl (C=O) groups is 1. The number of nitrogens with one attached hydrogen (secondary N) is 1. The number of carbonyl (C=O) groups excluding carboxylic acids is 1. The second-order valence-corrected chi connectivity index (χ2v) is 4.18. The quantitative estimate of drug-likeness (QED) is 0.862. The molecule has 0 bridgehead atoms. The van der Waals surface area contributed by atoms with E-state index in [1.807, 2.05) is 23.1 Å². The van der Waals surface area contributed by atoms with Crippen molar-refractivity contribution < 1.29 is 14.3 Å². The third-order valence-corrected chi connectivity index (χ3v) is 3.00. The highest BCUT2D eigenvalue weighted by molar-refractivity contribution is 5.85. The van der Waals surface area contributed by atoms with Gasteiger partial charge >= 0.3 is 0 Å². The molecule has 18 heavy (non-hydrogen) atoms. The summed E-state index contributed by atoms with van der Waals surface area (Å²) in [5, 5.41) is 3.06. The zero-order valence-electron chi connectivity index (χ0n) is 9.85. The summed E-state index contributed by atoms with van der Waals surface area (Å²) in [4.78, 5) is 13.5. The van der Waals surface area contributed by atoms with E-state index >= 15 is 0 Å². The first-order chi connectivity index (χ1) is 8.33. The van der Waals surface area contributed by atoms with Gasteiger partial charge in [0.15, 0.2) is 11.5 Å². The van der Waals surface area contributed by atoms with Crippen LogP contribution in [0.3, 0.4) is 0 Å². The maximum absolute atomic E-state index is 11.6. The Labute approximate surface area is 111 Å². The summed E-state index contributed by atoms with van der Waals surface area (Å²) < 4.78 is 10.6. The minimum atomic E-state index is 0. The van der Waals surface area contributed by atoms with Crippen LogP contribution >= 0.6 is 12.4 Å². The highest BCUT2D eigenvalue weighted by Gasteiger charge is 2.19. The van der Waals surface area contributed by atoms with Crippen LogP contribution in [0, 0.1) is 0 Å². The van der Waals surface area contributed by atoms with Crippen molar-refractivity contribution >= 4 is 18.3 Å². The first kappa shape index (κ1) is 13.0. The van der Waals surface area contributed by atoms with E-state index in [4.69, 9.17) is 9.47 Å². The first-order valence-corrected chi connectivity index (χ1v) is 5.70. The van der Waals surface area contributed by atoms with E-state index in [1.54, 1.807) is 0 Å². The third-order valence-electron chi connectivity index (χ3n) is 3.00. The molecule has 0 atom stereocenters. The van der Waals surface area contributed by atoms with Crippen LogP contribution < -0.4 is 14.8 Å². The van der Waals surface area contributed by atoms with Crippen molar-refractivity contribution in [2.24, 2.45) is 0 Å². The molecule has 1 aromatic carbocycles. The van der Waals surface area contributed by atoms with E-state index in [1.165, 1.54) is 0 Å². The molecule has 6 heteroatoms. The molecule has 0 unspecified atom stereocenters.